The van der Waals surface area contributed by atoms with Crippen molar-refractivity contribution in [3.8, 4) is 0 Å². The lowest BCUT2D eigenvalue weighted by atomic mass is 9.96. The number of aryl methyl sites for hydroxylation is 3. The van der Waals surface area contributed by atoms with Crippen molar-refractivity contribution in [2.75, 3.05) is 6.54 Å². The summed E-state index contributed by atoms with van der Waals surface area (Å²) < 4.78 is 36.1. The Bertz CT molecular complexity index is 424. The summed E-state index contributed by atoms with van der Waals surface area (Å²) in [6.45, 7) is 8.52. The van der Waals surface area contributed by atoms with Gasteiger partial charge in [0.15, 0.2) is 0 Å². The minimum Gasteiger partial charge on any atom is -0.310 e. The minimum absolute atomic E-state index is 0.0764. The molecule has 1 rings (SSSR count). The molecule has 1 aromatic carbocycles. The quantitative estimate of drug-likeness (QED) is 0.773. The van der Waals surface area contributed by atoms with Crippen LogP contribution in [-0.2, 0) is 0 Å². The monoisotopic (exact) mass is 273 g/mol. The lowest BCUT2D eigenvalue weighted by Gasteiger charge is -2.18. The van der Waals surface area contributed by atoms with Gasteiger partial charge in [-0.2, -0.15) is 13.2 Å². The molecule has 0 amide bonds. The van der Waals surface area contributed by atoms with Crippen molar-refractivity contribution in [2.45, 2.75) is 52.8 Å². The third-order valence-electron chi connectivity index (χ3n) is 3.44. The number of benzene rings is 1. The summed E-state index contributed by atoms with van der Waals surface area (Å²) in [4.78, 5) is 0. The molecule has 0 heterocycles. The highest BCUT2D eigenvalue weighted by Gasteiger charge is 2.25. The van der Waals surface area contributed by atoms with Crippen molar-refractivity contribution >= 4 is 0 Å². The molecular weight excluding hydrogens is 251 g/mol. The van der Waals surface area contributed by atoms with Gasteiger partial charge in [-0.05, 0) is 62.9 Å². The SMILES string of the molecule is Cc1cc(C)c(C(C)NCCCC(F)(F)F)cc1C. The normalized spacial score (nSPS) is 13.6. The van der Waals surface area contributed by atoms with E-state index < -0.39 is 12.6 Å². The van der Waals surface area contributed by atoms with E-state index >= 15 is 0 Å². The minimum atomic E-state index is -4.05. The second kappa shape index (κ2) is 6.42. The van der Waals surface area contributed by atoms with E-state index in [4.69, 9.17) is 0 Å². The fourth-order valence-corrected chi connectivity index (χ4v) is 2.17. The van der Waals surface area contributed by atoms with Crippen LogP contribution in [-0.4, -0.2) is 12.7 Å². The van der Waals surface area contributed by atoms with Gasteiger partial charge in [0.1, 0.15) is 0 Å². The summed E-state index contributed by atoms with van der Waals surface area (Å²) in [6.07, 6.45) is -4.66. The summed E-state index contributed by atoms with van der Waals surface area (Å²) in [6, 6.07) is 4.32. The first kappa shape index (κ1) is 16.0. The number of hydrogen-bond donors (Lipinski definition) is 1. The van der Waals surface area contributed by atoms with Crippen LogP contribution in [0.1, 0.15) is 48.1 Å². The van der Waals surface area contributed by atoms with E-state index in [2.05, 4.69) is 31.3 Å². The largest absolute Gasteiger partial charge is 0.389 e. The standard InChI is InChI=1S/C15H22F3N/c1-10-8-12(3)14(9-11(10)2)13(4)19-7-5-6-15(16,17)18/h8-9,13,19H,5-7H2,1-4H3. The fraction of sp³-hybridized carbons (Fsp3) is 0.600. The molecule has 0 aromatic heterocycles. The van der Waals surface area contributed by atoms with Gasteiger partial charge in [-0.3, -0.25) is 0 Å². The molecule has 0 saturated carbocycles. The van der Waals surface area contributed by atoms with Gasteiger partial charge in [0.05, 0.1) is 0 Å². The fourth-order valence-electron chi connectivity index (χ4n) is 2.17. The summed E-state index contributed by atoms with van der Waals surface area (Å²) >= 11 is 0. The van der Waals surface area contributed by atoms with E-state index in [-0.39, 0.29) is 12.5 Å². The molecule has 1 aromatic rings. The van der Waals surface area contributed by atoms with E-state index in [1.54, 1.807) is 0 Å². The average molecular weight is 273 g/mol. The van der Waals surface area contributed by atoms with Gasteiger partial charge < -0.3 is 5.32 Å². The molecule has 4 heteroatoms. The molecule has 1 nitrogen and oxygen atoms in total. The Hall–Kier alpha value is -1.03. The van der Waals surface area contributed by atoms with Crippen LogP contribution in [0.25, 0.3) is 0 Å². The second-order valence-corrected chi connectivity index (χ2v) is 5.19. The van der Waals surface area contributed by atoms with Crippen LogP contribution in [0.15, 0.2) is 12.1 Å². The molecule has 0 aliphatic rings. The first-order valence-electron chi connectivity index (χ1n) is 6.58. The Balaban J connectivity index is 2.54. The second-order valence-electron chi connectivity index (χ2n) is 5.19. The maximum absolute atomic E-state index is 12.0. The third kappa shape index (κ3) is 5.23. The zero-order chi connectivity index (χ0) is 14.6. The summed E-state index contributed by atoms with van der Waals surface area (Å²) in [5.74, 6) is 0. The average Bonchev–Trinajstić information content (AvgIpc) is 2.28. The smallest absolute Gasteiger partial charge is 0.310 e. The summed E-state index contributed by atoms with van der Waals surface area (Å²) in [5.41, 5.74) is 4.80. The van der Waals surface area contributed by atoms with Gasteiger partial charge in [-0.1, -0.05) is 12.1 Å². The topological polar surface area (TPSA) is 12.0 Å². The number of rotatable bonds is 5. The van der Waals surface area contributed by atoms with Crippen molar-refractivity contribution in [2.24, 2.45) is 0 Å². The number of nitrogens with one attached hydrogen (secondary N) is 1. The molecule has 0 spiro atoms. The van der Waals surface area contributed by atoms with E-state index in [1.165, 1.54) is 16.7 Å². The van der Waals surface area contributed by atoms with Gasteiger partial charge in [-0.25, -0.2) is 0 Å². The van der Waals surface area contributed by atoms with Crippen molar-refractivity contribution in [3.05, 3.63) is 34.4 Å². The molecule has 0 radical (unpaired) electrons. The van der Waals surface area contributed by atoms with E-state index in [0.29, 0.717) is 6.54 Å². The zero-order valence-electron chi connectivity index (χ0n) is 12.0. The van der Waals surface area contributed by atoms with Crippen molar-refractivity contribution in [1.29, 1.82) is 0 Å². The van der Waals surface area contributed by atoms with E-state index in [9.17, 15) is 13.2 Å². The summed E-state index contributed by atoms with van der Waals surface area (Å²) in [5, 5.41) is 3.16. The van der Waals surface area contributed by atoms with Crippen LogP contribution in [0.2, 0.25) is 0 Å². The number of alkyl halides is 3. The Morgan fingerprint density at radius 2 is 1.63 bits per heavy atom. The Morgan fingerprint density at radius 3 is 2.21 bits per heavy atom. The maximum atomic E-state index is 12.0. The molecule has 0 fully saturated rings. The Kier molecular flexibility index (Phi) is 5.41. The van der Waals surface area contributed by atoms with E-state index in [1.807, 2.05) is 13.8 Å². The zero-order valence-corrected chi connectivity index (χ0v) is 12.0. The molecule has 0 saturated heterocycles. The van der Waals surface area contributed by atoms with Gasteiger partial charge >= 0.3 is 6.18 Å². The lowest BCUT2D eigenvalue weighted by molar-refractivity contribution is -0.135. The molecule has 0 aliphatic carbocycles. The van der Waals surface area contributed by atoms with Crippen LogP contribution in [0, 0.1) is 20.8 Å². The van der Waals surface area contributed by atoms with Gasteiger partial charge in [0, 0.05) is 12.5 Å². The van der Waals surface area contributed by atoms with Crippen LogP contribution in [0.5, 0.6) is 0 Å². The van der Waals surface area contributed by atoms with Gasteiger partial charge in [0.2, 0.25) is 0 Å². The highest BCUT2D eigenvalue weighted by atomic mass is 19.4. The highest BCUT2D eigenvalue weighted by Crippen LogP contribution is 2.23. The lowest BCUT2D eigenvalue weighted by Crippen LogP contribution is -2.22. The highest BCUT2D eigenvalue weighted by molar-refractivity contribution is 5.37. The molecule has 0 bridgehead atoms. The van der Waals surface area contributed by atoms with Crippen LogP contribution in [0.4, 0.5) is 13.2 Å². The predicted octanol–water partition coefficient (Wildman–Crippen LogP) is 4.60. The Labute approximate surface area is 113 Å². The molecular formula is C15H22F3N. The maximum Gasteiger partial charge on any atom is 0.389 e. The van der Waals surface area contributed by atoms with E-state index in [0.717, 1.165) is 5.56 Å². The molecule has 1 N–H and O–H groups in total. The van der Waals surface area contributed by atoms with Crippen molar-refractivity contribution in [3.63, 3.8) is 0 Å². The van der Waals surface area contributed by atoms with Crippen molar-refractivity contribution in [1.82, 2.24) is 5.32 Å². The van der Waals surface area contributed by atoms with Crippen LogP contribution < -0.4 is 5.32 Å². The molecule has 19 heavy (non-hydrogen) atoms. The van der Waals surface area contributed by atoms with Gasteiger partial charge in [-0.15, -0.1) is 0 Å². The summed E-state index contributed by atoms with van der Waals surface area (Å²) in [7, 11) is 0. The number of hydrogen-bond acceptors (Lipinski definition) is 1. The van der Waals surface area contributed by atoms with Crippen LogP contribution >= 0.6 is 0 Å². The van der Waals surface area contributed by atoms with Gasteiger partial charge in [0.25, 0.3) is 0 Å². The Morgan fingerprint density at radius 1 is 1.05 bits per heavy atom. The molecule has 0 aliphatic heterocycles. The molecule has 108 valence electrons. The first-order chi connectivity index (χ1) is 8.70. The van der Waals surface area contributed by atoms with Crippen molar-refractivity contribution < 1.29 is 13.2 Å². The molecule has 1 atom stereocenters. The number of halogens is 3. The third-order valence-corrected chi connectivity index (χ3v) is 3.44. The van der Waals surface area contributed by atoms with Crippen LogP contribution in [0.3, 0.4) is 0 Å². The molecule has 1 unspecified atom stereocenters. The predicted molar refractivity (Wildman–Crippen MR) is 72.4 cm³/mol. The first-order valence-corrected chi connectivity index (χ1v) is 6.58.